The van der Waals surface area contributed by atoms with Crippen LogP contribution in [0, 0.1) is 6.92 Å². The van der Waals surface area contributed by atoms with Gasteiger partial charge in [-0.05, 0) is 67.8 Å². The third-order valence-electron chi connectivity index (χ3n) is 5.55. The van der Waals surface area contributed by atoms with E-state index in [9.17, 15) is 0 Å². The van der Waals surface area contributed by atoms with E-state index < -0.39 is 0 Å². The summed E-state index contributed by atoms with van der Waals surface area (Å²) in [5.74, 6) is 1.83. The van der Waals surface area contributed by atoms with Gasteiger partial charge in [0, 0.05) is 51.1 Å². The first-order chi connectivity index (χ1) is 15.1. The molecular formula is C24H24N6O. The quantitative estimate of drug-likeness (QED) is 0.319. The molecule has 0 aliphatic carbocycles. The number of fused-ring (bicyclic) bond motifs is 2. The van der Waals surface area contributed by atoms with Crippen molar-refractivity contribution in [3.8, 4) is 5.75 Å². The highest BCUT2D eigenvalue weighted by Crippen LogP contribution is 2.26. The highest BCUT2D eigenvalue weighted by molar-refractivity contribution is 5.85. The van der Waals surface area contributed by atoms with Gasteiger partial charge in [-0.25, -0.2) is 4.98 Å². The predicted octanol–water partition coefficient (Wildman–Crippen LogP) is 4.87. The molecule has 0 amide bonds. The zero-order valence-corrected chi connectivity index (χ0v) is 17.5. The summed E-state index contributed by atoms with van der Waals surface area (Å²) >= 11 is 0. The van der Waals surface area contributed by atoms with Gasteiger partial charge in [-0.2, -0.15) is 4.98 Å². The van der Waals surface area contributed by atoms with E-state index in [0.717, 1.165) is 57.3 Å². The predicted molar refractivity (Wildman–Crippen MR) is 125 cm³/mol. The van der Waals surface area contributed by atoms with E-state index in [2.05, 4.69) is 43.5 Å². The van der Waals surface area contributed by atoms with Crippen molar-refractivity contribution in [3.63, 3.8) is 0 Å². The number of nitrogen functional groups attached to an aromatic ring is 1. The normalized spacial score (nSPS) is 11.3. The first-order valence-corrected chi connectivity index (χ1v) is 10.2. The molecule has 0 fully saturated rings. The van der Waals surface area contributed by atoms with Crippen molar-refractivity contribution in [2.45, 2.75) is 19.8 Å². The first-order valence-electron chi connectivity index (χ1n) is 10.2. The average molecular weight is 412 g/mol. The van der Waals surface area contributed by atoms with E-state index in [0.29, 0.717) is 11.8 Å². The summed E-state index contributed by atoms with van der Waals surface area (Å²) in [6.07, 6.45) is 5.43. The highest BCUT2D eigenvalue weighted by atomic mass is 16.5. The Balaban J connectivity index is 1.31. The topological polar surface area (TPSA) is 105 Å². The maximum absolute atomic E-state index is 6.24. The van der Waals surface area contributed by atoms with Gasteiger partial charge in [0.15, 0.2) is 0 Å². The summed E-state index contributed by atoms with van der Waals surface area (Å²) < 4.78 is 5.35. The number of nitrogens with one attached hydrogen (secondary N) is 3. The van der Waals surface area contributed by atoms with Crippen molar-refractivity contribution in [3.05, 3.63) is 71.7 Å². The lowest BCUT2D eigenvalue weighted by Crippen LogP contribution is -2.05. The van der Waals surface area contributed by atoms with Gasteiger partial charge in [-0.15, -0.1) is 0 Å². The van der Waals surface area contributed by atoms with Gasteiger partial charge in [0.25, 0.3) is 0 Å². The molecule has 0 atom stereocenters. The van der Waals surface area contributed by atoms with Crippen molar-refractivity contribution in [1.29, 1.82) is 0 Å². The van der Waals surface area contributed by atoms with Crippen molar-refractivity contribution in [1.82, 2.24) is 19.9 Å². The molecule has 31 heavy (non-hydrogen) atoms. The average Bonchev–Trinajstić information content (AvgIpc) is 3.34. The molecule has 0 unspecified atom stereocenters. The summed E-state index contributed by atoms with van der Waals surface area (Å²) in [4.78, 5) is 15.6. The number of aryl methyl sites for hydroxylation is 3. The minimum atomic E-state index is 0.490. The largest absolute Gasteiger partial charge is 0.497 e. The molecule has 5 rings (SSSR count). The van der Waals surface area contributed by atoms with E-state index in [4.69, 9.17) is 10.5 Å². The van der Waals surface area contributed by atoms with Crippen LogP contribution in [0.3, 0.4) is 0 Å². The Bertz CT molecular complexity index is 1380. The number of rotatable bonds is 6. The van der Waals surface area contributed by atoms with Crippen LogP contribution in [0.2, 0.25) is 0 Å². The monoisotopic (exact) mass is 412 g/mol. The maximum atomic E-state index is 6.24. The van der Waals surface area contributed by atoms with Crippen LogP contribution in [-0.2, 0) is 12.8 Å². The molecule has 0 saturated carbocycles. The molecule has 2 aromatic carbocycles. The summed E-state index contributed by atoms with van der Waals surface area (Å²) in [6, 6.07) is 14.3. The van der Waals surface area contributed by atoms with Gasteiger partial charge >= 0.3 is 0 Å². The Hall–Kier alpha value is -4.00. The summed E-state index contributed by atoms with van der Waals surface area (Å²) in [5, 5.41) is 5.55. The van der Waals surface area contributed by atoms with Crippen LogP contribution >= 0.6 is 0 Å². The van der Waals surface area contributed by atoms with Crippen LogP contribution in [0.15, 0.2) is 54.9 Å². The Labute approximate surface area is 179 Å². The Morgan fingerprint density at radius 1 is 1.03 bits per heavy atom. The fourth-order valence-corrected chi connectivity index (χ4v) is 3.92. The minimum absolute atomic E-state index is 0.490. The van der Waals surface area contributed by atoms with Crippen molar-refractivity contribution in [2.24, 2.45) is 0 Å². The van der Waals surface area contributed by atoms with E-state index >= 15 is 0 Å². The van der Waals surface area contributed by atoms with Crippen LogP contribution < -0.4 is 15.8 Å². The summed E-state index contributed by atoms with van der Waals surface area (Å²) in [7, 11) is 1.68. The molecule has 7 nitrogen and oxygen atoms in total. The second kappa shape index (κ2) is 7.68. The standard InChI is InChI=1S/C24H24N6O/c1-14-9-17-10-18(5-7-21(17)28-14)29-24-27-13-16(23(25)30-24)4-3-15-12-26-22-8-6-19(31-2)11-20(15)22/h5-13,26,28H,3-4H2,1-2H3,(H3,25,27,29,30). The van der Waals surface area contributed by atoms with Crippen molar-refractivity contribution < 1.29 is 4.74 Å². The fraction of sp³-hybridized carbons (Fsp3) is 0.167. The lowest BCUT2D eigenvalue weighted by atomic mass is 10.0. The molecule has 3 aromatic heterocycles. The SMILES string of the molecule is COc1ccc2[nH]cc(CCc3cnc(Nc4ccc5[nH]c(C)cc5c4)nc3N)c2c1. The number of hydrogen-bond donors (Lipinski definition) is 4. The highest BCUT2D eigenvalue weighted by Gasteiger charge is 2.09. The number of aromatic amines is 2. The molecule has 0 radical (unpaired) electrons. The van der Waals surface area contributed by atoms with Gasteiger partial charge in [-0.1, -0.05) is 0 Å². The number of nitrogens with zero attached hydrogens (tertiary/aromatic N) is 2. The molecular weight excluding hydrogens is 388 g/mol. The number of ether oxygens (including phenoxy) is 1. The lowest BCUT2D eigenvalue weighted by molar-refractivity contribution is 0.415. The van der Waals surface area contributed by atoms with Gasteiger partial charge < -0.3 is 25.8 Å². The zero-order valence-electron chi connectivity index (χ0n) is 17.5. The van der Waals surface area contributed by atoms with Gasteiger partial charge in [0.1, 0.15) is 11.6 Å². The molecule has 0 bridgehead atoms. The van der Waals surface area contributed by atoms with Crippen LogP contribution in [0.1, 0.15) is 16.8 Å². The van der Waals surface area contributed by atoms with Crippen LogP contribution in [0.5, 0.6) is 5.75 Å². The molecule has 7 heteroatoms. The van der Waals surface area contributed by atoms with E-state index in [1.165, 1.54) is 5.56 Å². The number of aromatic nitrogens is 4. The Morgan fingerprint density at radius 3 is 2.71 bits per heavy atom. The van der Waals surface area contributed by atoms with Crippen LogP contribution in [0.25, 0.3) is 21.8 Å². The minimum Gasteiger partial charge on any atom is -0.497 e. The zero-order chi connectivity index (χ0) is 21.4. The van der Waals surface area contributed by atoms with Crippen molar-refractivity contribution in [2.75, 3.05) is 18.2 Å². The fourth-order valence-electron chi connectivity index (χ4n) is 3.92. The molecule has 5 N–H and O–H groups in total. The Kier molecular flexibility index (Phi) is 4.71. The molecule has 156 valence electrons. The van der Waals surface area contributed by atoms with Crippen molar-refractivity contribution >= 4 is 39.3 Å². The number of hydrogen-bond acceptors (Lipinski definition) is 5. The molecule has 0 aliphatic heterocycles. The number of H-pyrrole nitrogens is 2. The molecule has 5 aromatic rings. The van der Waals surface area contributed by atoms with Gasteiger partial charge in [0.2, 0.25) is 5.95 Å². The smallest absolute Gasteiger partial charge is 0.229 e. The second-order valence-corrected chi connectivity index (χ2v) is 7.71. The third kappa shape index (κ3) is 3.77. The molecule has 3 heterocycles. The first kappa shape index (κ1) is 19.0. The maximum Gasteiger partial charge on any atom is 0.229 e. The van der Waals surface area contributed by atoms with E-state index in [1.54, 1.807) is 13.3 Å². The van der Waals surface area contributed by atoms with Crippen LogP contribution in [0.4, 0.5) is 17.5 Å². The number of nitrogens with two attached hydrogens (primary N) is 1. The lowest BCUT2D eigenvalue weighted by Gasteiger charge is -2.09. The molecule has 0 saturated heterocycles. The van der Waals surface area contributed by atoms with E-state index in [-0.39, 0.29) is 0 Å². The van der Waals surface area contributed by atoms with Gasteiger partial charge in [0.05, 0.1) is 7.11 Å². The molecule has 0 spiro atoms. The van der Waals surface area contributed by atoms with Gasteiger partial charge in [-0.3, -0.25) is 0 Å². The van der Waals surface area contributed by atoms with Crippen LogP contribution in [-0.4, -0.2) is 27.0 Å². The third-order valence-corrected chi connectivity index (χ3v) is 5.55. The second-order valence-electron chi connectivity index (χ2n) is 7.71. The van der Waals surface area contributed by atoms with E-state index in [1.807, 2.05) is 37.4 Å². The summed E-state index contributed by atoms with van der Waals surface area (Å²) in [5.41, 5.74) is 12.6. The number of benzene rings is 2. The summed E-state index contributed by atoms with van der Waals surface area (Å²) in [6.45, 7) is 2.04. The Morgan fingerprint density at radius 2 is 1.87 bits per heavy atom. The molecule has 0 aliphatic rings. The number of methoxy groups -OCH3 is 1. The number of anilines is 3.